The lowest BCUT2D eigenvalue weighted by Crippen LogP contribution is -2.46. The summed E-state index contributed by atoms with van der Waals surface area (Å²) in [4.78, 5) is 14.9. The van der Waals surface area contributed by atoms with E-state index < -0.39 is 0 Å². The van der Waals surface area contributed by atoms with Gasteiger partial charge in [-0.25, -0.2) is 0 Å². The number of aryl methyl sites for hydroxylation is 1. The van der Waals surface area contributed by atoms with Gasteiger partial charge in [-0.1, -0.05) is 11.6 Å². The molecular formula is C19H31Cl2N3O2. The Kier molecular flexibility index (Phi) is 9.72. The molecule has 1 unspecified atom stereocenters. The molecular weight excluding hydrogens is 373 g/mol. The van der Waals surface area contributed by atoms with Crippen LogP contribution in [0.5, 0.6) is 5.75 Å². The van der Waals surface area contributed by atoms with Gasteiger partial charge in [0.15, 0.2) is 0 Å². The molecule has 2 rings (SSSR count). The molecule has 0 bridgehead atoms. The summed E-state index contributed by atoms with van der Waals surface area (Å²) in [7, 11) is 3.57. The molecule has 7 heteroatoms. The highest BCUT2D eigenvalue weighted by Gasteiger charge is 2.27. The van der Waals surface area contributed by atoms with Gasteiger partial charge < -0.3 is 15.4 Å². The van der Waals surface area contributed by atoms with Crippen molar-refractivity contribution in [2.75, 3.05) is 39.1 Å². The number of likely N-dealkylation sites (tertiary alicyclic amines) is 1. The van der Waals surface area contributed by atoms with E-state index in [1.165, 1.54) is 6.42 Å². The third-order valence-electron chi connectivity index (χ3n) is 5.12. The number of nitrogens with zero attached hydrogens (tertiary/aromatic N) is 1. The van der Waals surface area contributed by atoms with Crippen LogP contribution in [0.1, 0.15) is 31.7 Å². The highest BCUT2D eigenvalue weighted by molar-refractivity contribution is 6.31. The third-order valence-corrected chi connectivity index (χ3v) is 5.52. The third kappa shape index (κ3) is 6.02. The number of benzene rings is 1. The van der Waals surface area contributed by atoms with Gasteiger partial charge in [-0.2, -0.15) is 0 Å². The van der Waals surface area contributed by atoms with Crippen molar-refractivity contribution in [3.05, 3.63) is 22.7 Å². The van der Waals surface area contributed by atoms with Gasteiger partial charge in [0.25, 0.3) is 0 Å². The van der Waals surface area contributed by atoms with Crippen molar-refractivity contribution in [2.24, 2.45) is 5.92 Å². The van der Waals surface area contributed by atoms with Gasteiger partial charge in [-0.15, -0.1) is 12.4 Å². The molecule has 1 aliphatic rings. The summed E-state index contributed by atoms with van der Waals surface area (Å²) in [5.74, 6) is 1.34. The molecule has 148 valence electrons. The molecule has 2 N–H and O–H groups in total. The van der Waals surface area contributed by atoms with Crippen LogP contribution in [0.3, 0.4) is 0 Å². The number of amides is 1. The van der Waals surface area contributed by atoms with Crippen LogP contribution < -0.4 is 15.4 Å². The van der Waals surface area contributed by atoms with Crippen LogP contribution in [0.25, 0.3) is 0 Å². The van der Waals surface area contributed by atoms with Crippen LogP contribution in [0.2, 0.25) is 5.02 Å². The molecule has 1 amide bonds. The summed E-state index contributed by atoms with van der Waals surface area (Å²) < 4.78 is 5.34. The molecule has 1 atom stereocenters. The van der Waals surface area contributed by atoms with Crippen molar-refractivity contribution in [1.29, 1.82) is 0 Å². The number of piperidine rings is 1. The van der Waals surface area contributed by atoms with Crippen LogP contribution >= 0.6 is 24.0 Å². The molecule has 0 saturated carbocycles. The molecule has 1 heterocycles. The topological polar surface area (TPSA) is 53.6 Å². The molecule has 1 fully saturated rings. The largest absolute Gasteiger partial charge is 0.495 e. The molecule has 1 aromatic rings. The normalized spacial score (nSPS) is 16.7. The van der Waals surface area contributed by atoms with Crippen LogP contribution in [0.4, 0.5) is 5.69 Å². The van der Waals surface area contributed by atoms with Crippen molar-refractivity contribution in [3.8, 4) is 5.75 Å². The number of carbonyl (C=O) groups is 1. The van der Waals surface area contributed by atoms with E-state index in [0.717, 1.165) is 44.0 Å². The zero-order chi connectivity index (χ0) is 18.4. The first-order valence-electron chi connectivity index (χ1n) is 9.00. The van der Waals surface area contributed by atoms with Gasteiger partial charge in [0.2, 0.25) is 5.91 Å². The Balaban J connectivity index is 0.00000338. The van der Waals surface area contributed by atoms with Crippen LogP contribution in [0.15, 0.2) is 12.1 Å². The van der Waals surface area contributed by atoms with E-state index in [-0.39, 0.29) is 24.4 Å². The fraction of sp³-hybridized carbons (Fsp3) is 0.632. The first-order valence-corrected chi connectivity index (χ1v) is 9.37. The Hall–Kier alpha value is -1.01. The molecule has 5 nitrogen and oxygen atoms in total. The summed E-state index contributed by atoms with van der Waals surface area (Å²) in [5.41, 5.74) is 1.58. The molecule has 0 spiro atoms. The molecule has 1 aliphatic heterocycles. The molecule has 1 aromatic carbocycles. The minimum atomic E-state index is -0.161. The minimum absolute atomic E-state index is 0. The smallest absolute Gasteiger partial charge is 0.241 e. The van der Waals surface area contributed by atoms with E-state index >= 15 is 0 Å². The quantitative estimate of drug-likeness (QED) is 0.727. The number of hydrogen-bond acceptors (Lipinski definition) is 4. The Morgan fingerprint density at radius 2 is 2.04 bits per heavy atom. The lowest BCUT2D eigenvalue weighted by Gasteiger charge is -2.35. The number of hydrogen-bond donors (Lipinski definition) is 2. The fourth-order valence-corrected chi connectivity index (χ4v) is 3.46. The molecule has 0 aliphatic carbocycles. The number of nitrogens with one attached hydrogen (secondary N) is 2. The first kappa shape index (κ1) is 23.0. The minimum Gasteiger partial charge on any atom is -0.495 e. The number of halogens is 2. The van der Waals surface area contributed by atoms with Crippen LogP contribution in [-0.2, 0) is 4.79 Å². The SMILES string of the molecule is CNCCC1CCN(C(C)C(=O)Nc2cc(C)c(Cl)cc2OC)CC1.Cl. The Labute approximate surface area is 168 Å². The first-order chi connectivity index (χ1) is 12.0. The summed E-state index contributed by atoms with van der Waals surface area (Å²) in [6.45, 7) is 6.89. The lowest BCUT2D eigenvalue weighted by atomic mass is 9.93. The zero-order valence-electron chi connectivity index (χ0n) is 16.1. The van der Waals surface area contributed by atoms with E-state index in [1.54, 1.807) is 13.2 Å². The maximum atomic E-state index is 12.7. The number of rotatable bonds is 7. The van der Waals surface area contributed by atoms with Crippen molar-refractivity contribution in [1.82, 2.24) is 10.2 Å². The highest BCUT2D eigenvalue weighted by Crippen LogP contribution is 2.31. The van der Waals surface area contributed by atoms with Crippen molar-refractivity contribution in [2.45, 2.75) is 39.2 Å². The van der Waals surface area contributed by atoms with E-state index in [9.17, 15) is 4.79 Å². The average Bonchev–Trinajstić information content (AvgIpc) is 2.62. The van der Waals surface area contributed by atoms with Crippen molar-refractivity contribution >= 4 is 35.6 Å². The van der Waals surface area contributed by atoms with Gasteiger partial charge in [0.1, 0.15) is 5.75 Å². The molecule has 26 heavy (non-hydrogen) atoms. The van der Waals surface area contributed by atoms with E-state index in [2.05, 4.69) is 15.5 Å². The number of anilines is 1. The van der Waals surface area contributed by atoms with Crippen LogP contribution in [-0.4, -0.2) is 50.6 Å². The molecule has 0 aromatic heterocycles. The average molecular weight is 404 g/mol. The van der Waals surface area contributed by atoms with Crippen molar-refractivity contribution in [3.63, 3.8) is 0 Å². The maximum Gasteiger partial charge on any atom is 0.241 e. The van der Waals surface area contributed by atoms with E-state index in [1.807, 2.05) is 27.0 Å². The predicted octanol–water partition coefficient (Wildman–Crippen LogP) is 3.73. The van der Waals surface area contributed by atoms with Gasteiger partial charge in [0.05, 0.1) is 18.8 Å². The van der Waals surface area contributed by atoms with Gasteiger partial charge in [0, 0.05) is 11.1 Å². The van der Waals surface area contributed by atoms with E-state index in [4.69, 9.17) is 16.3 Å². The lowest BCUT2D eigenvalue weighted by molar-refractivity contribution is -0.121. The Morgan fingerprint density at radius 1 is 1.38 bits per heavy atom. The highest BCUT2D eigenvalue weighted by atomic mass is 35.5. The number of methoxy groups -OCH3 is 1. The zero-order valence-corrected chi connectivity index (χ0v) is 17.7. The van der Waals surface area contributed by atoms with Gasteiger partial charge in [-0.05, 0) is 77.3 Å². The van der Waals surface area contributed by atoms with E-state index in [0.29, 0.717) is 16.5 Å². The van der Waals surface area contributed by atoms with Gasteiger partial charge >= 0.3 is 0 Å². The summed E-state index contributed by atoms with van der Waals surface area (Å²) in [5, 5.41) is 6.84. The standard InChI is InChI=1S/C19H30ClN3O2.ClH/c1-13-11-17(18(25-4)12-16(13)20)22-19(24)14(2)23-9-6-15(7-10-23)5-8-21-3;/h11-12,14-15,21H,5-10H2,1-4H3,(H,22,24);1H. The van der Waals surface area contributed by atoms with Crippen LogP contribution in [0, 0.1) is 12.8 Å². The van der Waals surface area contributed by atoms with Crippen molar-refractivity contribution < 1.29 is 9.53 Å². The summed E-state index contributed by atoms with van der Waals surface area (Å²) >= 11 is 6.13. The molecule has 1 saturated heterocycles. The fourth-order valence-electron chi connectivity index (χ4n) is 3.31. The monoisotopic (exact) mass is 403 g/mol. The maximum absolute atomic E-state index is 12.7. The predicted molar refractivity (Wildman–Crippen MR) is 111 cm³/mol. The Morgan fingerprint density at radius 3 is 2.62 bits per heavy atom. The number of carbonyl (C=O) groups excluding carboxylic acids is 1. The second-order valence-corrected chi connectivity index (χ2v) is 7.25. The molecule has 0 radical (unpaired) electrons. The summed E-state index contributed by atoms with van der Waals surface area (Å²) in [6, 6.07) is 3.44. The Bertz CT molecular complexity index is 590. The summed E-state index contributed by atoms with van der Waals surface area (Å²) in [6.07, 6.45) is 3.53. The van der Waals surface area contributed by atoms with Gasteiger partial charge in [-0.3, -0.25) is 9.69 Å². The number of ether oxygens (including phenoxy) is 1. The second-order valence-electron chi connectivity index (χ2n) is 6.84. The second kappa shape index (κ2) is 11.0.